The zero-order valence-corrected chi connectivity index (χ0v) is 17.2. The minimum Gasteiger partial charge on any atom is -0.355 e. The highest BCUT2D eigenvalue weighted by molar-refractivity contribution is 5.80. The van der Waals surface area contributed by atoms with Crippen LogP contribution in [0, 0.1) is 0 Å². The molecule has 3 aliphatic rings. The van der Waals surface area contributed by atoms with Crippen molar-refractivity contribution in [1.82, 2.24) is 25.3 Å². The minimum absolute atomic E-state index is 0.546. The molecule has 6 nitrogen and oxygen atoms in total. The quantitative estimate of drug-likeness (QED) is 0.548. The molecule has 150 valence electrons. The number of rotatable bonds is 6. The summed E-state index contributed by atoms with van der Waals surface area (Å²) in [5.41, 5.74) is 0. The zero-order chi connectivity index (χ0) is 18.4. The minimum atomic E-state index is 0.546. The molecular weight excluding hydrogens is 324 g/mol. The molecule has 0 aromatic heterocycles. The fourth-order valence-electron chi connectivity index (χ4n) is 4.79. The molecular formula is C20H40N6. The van der Waals surface area contributed by atoms with Crippen molar-refractivity contribution in [2.75, 3.05) is 59.4 Å². The second kappa shape index (κ2) is 9.90. The van der Waals surface area contributed by atoms with Crippen LogP contribution in [0.1, 0.15) is 46.0 Å². The average Bonchev–Trinajstić information content (AvgIpc) is 3.36. The topological polar surface area (TPSA) is 46.1 Å². The van der Waals surface area contributed by atoms with Gasteiger partial charge in [0, 0.05) is 71.0 Å². The van der Waals surface area contributed by atoms with Crippen LogP contribution in [0.15, 0.2) is 4.99 Å². The summed E-state index contributed by atoms with van der Waals surface area (Å²) < 4.78 is 0. The van der Waals surface area contributed by atoms with E-state index in [4.69, 9.17) is 0 Å². The third-order valence-electron chi connectivity index (χ3n) is 6.67. The number of guanidine groups is 1. The highest BCUT2D eigenvalue weighted by Gasteiger charge is 2.30. The Morgan fingerprint density at radius 3 is 2.46 bits per heavy atom. The summed E-state index contributed by atoms with van der Waals surface area (Å²) in [5, 5.41) is 7.23. The molecule has 2 aliphatic heterocycles. The monoisotopic (exact) mass is 364 g/mol. The molecule has 1 saturated carbocycles. The van der Waals surface area contributed by atoms with E-state index in [1.807, 2.05) is 7.05 Å². The first kappa shape index (κ1) is 19.9. The lowest BCUT2D eigenvalue weighted by Gasteiger charge is -2.37. The molecule has 0 aromatic rings. The first-order valence-corrected chi connectivity index (χ1v) is 10.9. The zero-order valence-electron chi connectivity index (χ0n) is 17.2. The van der Waals surface area contributed by atoms with E-state index in [0.717, 1.165) is 18.5 Å². The fraction of sp³-hybridized carbons (Fsp3) is 0.950. The van der Waals surface area contributed by atoms with E-state index in [-0.39, 0.29) is 0 Å². The van der Waals surface area contributed by atoms with E-state index >= 15 is 0 Å². The number of nitrogens with one attached hydrogen (secondary N) is 2. The summed E-state index contributed by atoms with van der Waals surface area (Å²) in [7, 11) is 1.89. The number of aliphatic imine (C=N–C) groups is 1. The molecule has 0 amide bonds. The normalized spacial score (nSPS) is 28.6. The third-order valence-corrected chi connectivity index (χ3v) is 6.67. The Morgan fingerprint density at radius 1 is 1.08 bits per heavy atom. The summed E-state index contributed by atoms with van der Waals surface area (Å²) in [6.07, 6.45) is 6.90. The molecule has 26 heavy (non-hydrogen) atoms. The number of likely N-dealkylation sites (tertiary alicyclic amines) is 1. The second-order valence-corrected chi connectivity index (χ2v) is 8.34. The lowest BCUT2D eigenvalue weighted by atomic mass is 10.2. The molecule has 2 unspecified atom stereocenters. The molecule has 2 N–H and O–H groups in total. The van der Waals surface area contributed by atoms with Gasteiger partial charge in [-0.3, -0.25) is 14.8 Å². The highest BCUT2D eigenvalue weighted by atomic mass is 15.3. The molecule has 2 atom stereocenters. The summed E-state index contributed by atoms with van der Waals surface area (Å²) in [6.45, 7) is 13.9. The van der Waals surface area contributed by atoms with E-state index < -0.39 is 0 Å². The average molecular weight is 365 g/mol. The molecule has 3 fully saturated rings. The largest absolute Gasteiger partial charge is 0.355 e. The van der Waals surface area contributed by atoms with Crippen molar-refractivity contribution >= 4 is 5.96 Å². The van der Waals surface area contributed by atoms with E-state index in [1.165, 1.54) is 77.9 Å². The van der Waals surface area contributed by atoms with E-state index in [2.05, 4.69) is 44.2 Å². The van der Waals surface area contributed by atoms with Crippen molar-refractivity contribution in [3.05, 3.63) is 0 Å². The Bertz CT molecular complexity index is 440. The first-order chi connectivity index (χ1) is 12.7. The maximum absolute atomic E-state index is 4.47. The number of hydrogen-bond donors (Lipinski definition) is 2. The Hall–Kier alpha value is -0.850. The van der Waals surface area contributed by atoms with Crippen molar-refractivity contribution in [3.8, 4) is 0 Å². The molecule has 6 heteroatoms. The lowest BCUT2D eigenvalue weighted by Crippen LogP contribution is -2.53. The van der Waals surface area contributed by atoms with Gasteiger partial charge in [0.1, 0.15) is 0 Å². The van der Waals surface area contributed by atoms with Gasteiger partial charge in [0.15, 0.2) is 5.96 Å². The van der Waals surface area contributed by atoms with Crippen molar-refractivity contribution in [2.24, 2.45) is 4.99 Å². The summed E-state index contributed by atoms with van der Waals surface area (Å²) in [6, 6.07) is 1.94. The van der Waals surface area contributed by atoms with Gasteiger partial charge in [0.2, 0.25) is 0 Å². The van der Waals surface area contributed by atoms with Crippen LogP contribution in [0.2, 0.25) is 0 Å². The number of piperazine rings is 1. The molecule has 0 bridgehead atoms. The maximum atomic E-state index is 4.47. The van der Waals surface area contributed by atoms with Gasteiger partial charge in [-0.25, -0.2) is 0 Å². The van der Waals surface area contributed by atoms with Crippen LogP contribution >= 0.6 is 0 Å². The van der Waals surface area contributed by atoms with Crippen molar-refractivity contribution in [3.63, 3.8) is 0 Å². The molecule has 0 spiro atoms. The molecule has 1 aliphatic carbocycles. The van der Waals surface area contributed by atoms with Crippen LogP contribution in [0.25, 0.3) is 0 Å². The molecule has 0 radical (unpaired) electrons. The smallest absolute Gasteiger partial charge is 0.191 e. The number of likely N-dealkylation sites (N-methyl/N-ethyl adjacent to an activating group) is 1. The van der Waals surface area contributed by atoms with Gasteiger partial charge in [0.25, 0.3) is 0 Å². The standard InChI is InChI=1S/C20H40N6/c1-4-24-11-13-25(14-12-24)17(2)15-22-20(21-3)23-18-9-10-26(16-18)19-7-5-6-8-19/h17-19H,4-16H2,1-3H3,(H2,21,22,23). The number of hydrogen-bond acceptors (Lipinski definition) is 4. The predicted molar refractivity (Wildman–Crippen MR) is 110 cm³/mol. The van der Waals surface area contributed by atoms with E-state index in [0.29, 0.717) is 12.1 Å². The second-order valence-electron chi connectivity index (χ2n) is 8.34. The van der Waals surface area contributed by atoms with E-state index in [9.17, 15) is 0 Å². The summed E-state index contributed by atoms with van der Waals surface area (Å²) in [4.78, 5) is 12.3. The first-order valence-electron chi connectivity index (χ1n) is 10.9. The van der Waals surface area contributed by atoms with Crippen LogP contribution in [0.5, 0.6) is 0 Å². The fourth-order valence-corrected chi connectivity index (χ4v) is 4.79. The summed E-state index contributed by atoms with van der Waals surface area (Å²) in [5.74, 6) is 0.974. The third kappa shape index (κ3) is 5.33. The molecule has 2 heterocycles. The van der Waals surface area contributed by atoms with Crippen molar-refractivity contribution < 1.29 is 0 Å². The van der Waals surface area contributed by atoms with Gasteiger partial charge in [-0.2, -0.15) is 0 Å². The molecule has 0 aromatic carbocycles. The van der Waals surface area contributed by atoms with Crippen LogP contribution < -0.4 is 10.6 Å². The SMILES string of the molecule is CCN1CCN(C(C)CNC(=NC)NC2CCN(C3CCCC3)C2)CC1. The molecule has 2 saturated heterocycles. The van der Waals surface area contributed by atoms with Gasteiger partial charge in [-0.05, 0) is 32.7 Å². The van der Waals surface area contributed by atoms with Gasteiger partial charge in [0.05, 0.1) is 0 Å². The lowest BCUT2D eigenvalue weighted by molar-refractivity contribution is 0.107. The Balaban J connectivity index is 1.37. The number of nitrogens with zero attached hydrogens (tertiary/aromatic N) is 4. The Morgan fingerprint density at radius 2 is 1.81 bits per heavy atom. The molecule has 3 rings (SSSR count). The highest BCUT2D eigenvalue weighted by Crippen LogP contribution is 2.26. The van der Waals surface area contributed by atoms with Gasteiger partial charge in [-0.1, -0.05) is 19.8 Å². The van der Waals surface area contributed by atoms with Crippen LogP contribution in [-0.2, 0) is 0 Å². The Kier molecular flexibility index (Phi) is 7.58. The predicted octanol–water partition coefficient (Wildman–Crippen LogP) is 1.19. The van der Waals surface area contributed by atoms with Gasteiger partial charge in [-0.15, -0.1) is 0 Å². The van der Waals surface area contributed by atoms with Crippen molar-refractivity contribution in [1.29, 1.82) is 0 Å². The van der Waals surface area contributed by atoms with E-state index in [1.54, 1.807) is 0 Å². The Labute approximate surface area is 160 Å². The van der Waals surface area contributed by atoms with Crippen LogP contribution in [0.3, 0.4) is 0 Å². The maximum Gasteiger partial charge on any atom is 0.191 e. The van der Waals surface area contributed by atoms with Crippen LogP contribution in [-0.4, -0.2) is 98.2 Å². The summed E-state index contributed by atoms with van der Waals surface area (Å²) >= 11 is 0. The van der Waals surface area contributed by atoms with Crippen LogP contribution in [0.4, 0.5) is 0 Å². The van der Waals surface area contributed by atoms with Gasteiger partial charge >= 0.3 is 0 Å². The van der Waals surface area contributed by atoms with Crippen molar-refractivity contribution in [2.45, 2.75) is 64.1 Å². The van der Waals surface area contributed by atoms with Gasteiger partial charge < -0.3 is 15.5 Å².